The van der Waals surface area contributed by atoms with Crippen molar-refractivity contribution in [3.05, 3.63) is 24.5 Å². The zero-order valence-electron chi connectivity index (χ0n) is 11.4. The van der Waals surface area contributed by atoms with Crippen LogP contribution in [0.5, 0.6) is 0 Å². The van der Waals surface area contributed by atoms with Crippen molar-refractivity contribution in [2.24, 2.45) is 0 Å². The molecule has 8 heteroatoms. The van der Waals surface area contributed by atoms with E-state index in [1.165, 1.54) is 4.68 Å². The molecule has 0 aliphatic rings. The van der Waals surface area contributed by atoms with Crippen molar-refractivity contribution in [3.63, 3.8) is 0 Å². The standard InChI is InChI=1S/C12H17N5O2S/c1-3-6-15-12-10(20(2,18)19)11(13)17(16-12)9-4-7-14-8-5-9/h4-5,7-8H,3,6,13H2,1-2H3,(H,15,16). The molecule has 0 saturated carbocycles. The van der Waals surface area contributed by atoms with E-state index in [1.54, 1.807) is 24.5 Å². The second-order valence-corrected chi connectivity index (χ2v) is 6.33. The molecule has 0 spiro atoms. The maximum absolute atomic E-state index is 11.9. The monoisotopic (exact) mass is 295 g/mol. The maximum atomic E-state index is 11.9. The quantitative estimate of drug-likeness (QED) is 0.855. The van der Waals surface area contributed by atoms with Gasteiger partial charge in [0.25, 0.3) is 0 Å². The van der Waals surface area contributed by atoms with Gasteiger partial charge in [-0.3, -0.25) is 4.98 Å². The van der Waals surface area contributed by atoms with Crippen molar-refractivity contribution in [2.45, 2.75) is 18.2 Å². The third kappa shape index (κ3) is 2.74. The Bertz CT molecular complexity index is 694. The summed E-state index contributed by atoms with van der Waals surface area (Å²) in [5.74, 6) is 0.376. The Morgan fingerprint density at radius 2 is 2.00 bits per heavy atom. The van der Waals surface area contributed by atoms with Crippen molar-refractivity contribution in [1.82, 2.24) is 14.8 Å². The molecule has 0 amide bonds. The molecule has 0 aromatic carbocycles. The van der Waals surface area contributed by atoms with Crippen molar-refractivity contribution < 1.29 is 8.42 Å². The van der Waals surface area contributed by atoms with Crippen LogP contribution in [-0.2, 0) is 9.84 Å². The van der Waals surface area contributed by atoms with Crippen LogP contribution in [0.3, 0.4) is 0 Å². The molecule has 0 saturated heterocycles. The van der Waals surface area contributed by atoms with Gasteiger partial charge >= 0.3 is 0 Å². The highest BCUT2D eigenvalue weighted by Crippen LogP contribution is 2.29. The van der Waals surface area contributed by atoms with Crippen LogP contribution in [0.15, 0.2) is 29.4 Å². The van der Waals surface area contributed by atoms with Gasteiger partial charge in [-0.05, 0) is 18.6 Å². The van der Waals surface area contributed by atoms with E-state index in [0.29, 0.717) is 12.2 Å². The summed E-state index contributed by atoms with van der Waals surface area (Å²) in [6.07, 6.45) is 5.16. The van der Waals surface area contributed by atoms with Crippen LogP contribution in [0.2, 0.25) is 0 Å². The maximum Gasteiger partial charge on any atom is 0.182 e. The number of nitrogens with zero attached hydrogens (tertiary/aromatic N) is 3. The van der Waals surface area contributed by atoms with E-state index < -0.39 is 9.84 Å². The molecule has 108 valence electrons. The van der Waals surface area contributed by atoms with Crippen LogP contribution in [0.4, 0.5) is 11.6 Å². The van der Waals surface area contributed by atoms with Gasteiger partial charge in [-0.2, -0.15) is 0 Å². The smallest absolute Gasteiger partial charge is 0.182 e. The molecule has 0 radical (unpaired) electrons. The third-order valence-corrected chi connectivity index (χ3v) is 3.84. The highest BCUT2D eigenvalue weighted by molar-refractivity contribution is 7.91. The minimum atomic E-state index is -3.47. The van der Waals surface area contributed by atoms with Crippen LogP contribution >= 0.6 is 0 Å². The molecule has 0 aliphatic heterocycles. The Hall–Kier alpha value is -2.09. The summed E-state index contributed by atoms with van der Waals surface area (Å²) in [6, 6.07) is 3.41. The molecular weight excluding hydrogens is 278 g/mol. The normalized spacial score (nSPS) is 11.5. The van der Waals surface area contributed by atoms with E-state index in [2.05, 4.69) is 15.4 Å². The van der Waals surface area contributed by atoms with Gasteiger partial charge in [-0.1, -0.05) is 6.92 Å². The SMILES string of the molecule is CCCNc1nn(-c2ccncc2)c(N)c1S(C)(=O)=O. The van der Waals surface area contributed by atoms with Crippen LogP contribution in [0.1, 0.15) is 13.3 Å². The summed E-state index contributed by atoms with van der Waals surface area (Å²) < 4.78 is 25.2. The van der Waals surface area contributed by atoms with E-state index >= 15 is 0 Å². The molecule has 2 heterocycles. The topological polar surface area (TPSA) is 103 Å². The third-order valence-electron chi connectivity index (χ3n) is 2.70. The molecule has 2 aromatic heterocycles. The number of hydrogen-bond acceptors (Lipinski definition) is 6. The fourth-order valence-corrected chi connectivity index (χ4v) is 2.75. The summed E-state index contributed by atoms with van der Waals surface area (Å²) in [6.45, 7) is 2.60. The molecule has 0 atom stereocenters. The van der Waals surface area contributed by atoms with E-state index in [1.807, 2.05) is 6.92 Å². The van der Waals surface area contributed by atoms with Crippen LogP contribution in [0.25, 0.3) is 5.69 Å². The predicted molar refractivity (Wildman–Crippen MR) is 77.7 cm³/mol. The largest absolute Gasteiger partial charge is 0.382 e. The molecule has 0 aliphatic carbocycles. The average molecular weight is 295 g/mol. The van der Waals surface area contributed by atoms with E-state index in [9.17, 15) is 8.42 Å². The molecule has 0 fully saturated rings. The lowest BCUT2D eigenvalue weighted by Gasteiger charge is -2.03. The number of rotatable bonds is 5. The van der Waals surface area contributed by atoms with Gasteiger partial charge in [0.2, 0.25) is 0 Å². The van der Waals surface area contributed by atoms with Crippen molar-refractivity contribution >= 4 is 21.5 Å². The summed E-state index contributed by atoms with van der Waals surface area (Å²) in [7, 11) is -3.47. The Balaban J connectivity index is 2.59. The Labute approximate surface area is 117 Å². The van der Waals surface area contributed by atoms with Crippen LogP contribution in [-0.4, -0.2) is 36.0 Å². The Morgan fingerprint density at radius 3 is 2.55 bits per heavy atom. The first-order valence-corrected chi connectivity index (χ1v) is 8.07. The van der Waals surface area contributed by atoms with Gasteiger partial charge in [0.15, 0.2) is 20.6 Å². The number of nitrogen functional groups attached to an aromatic ring is 1. The molecule has 7 nitrogen and oxygen atoms in total. The Kier molecular flexibility index (Phi) is 3.93. The fourth-order valence-electron chi connectivity index (χ4n) is 1.82. The zero-order chi connectivity index (χ0) is 14.8. The van der Waals surface area contributed by atoms with Crippen molar-refractivity contribution in [2.75, 3.05) is 23.9 Å². The molecule has 20 heavy (non-hydrogen) atoms. The van der Waals surface area contributed by atoms with Gasteiger partial charge in [-0.25, -0.2) is 13.1 Å². The second-order valence-electron chi connectivity index (χ2n) is 4.38. The first-order chi connectivity index (χ1) is 9.45. The van der Waals surface area contributed by atoms with Gasteiger partial charge in [-0.15, -0.1) is 5.10 Å². The highest BCUT2D eigenvalue weighted by atomic mass is 32.2. The summed E-state index contributed by atoms with van der Waals surface area (Å²) >= 11 is 0. The Morgan fingerprint density at radius 1 is 1.35 bits per heavy atom. The minimum Gasteiger partial charge on any atom is -0.382 e. The number of anilines is 2. The summed E-state index contributed by atoms with van der Waals surface area (Å²) in [5, 5.41) is 7.25. The minimum absolute atomic E-state index is 0.0303. The molecule has 2 aromatic rings. The molecule has 2 rings (SSSR count). The number of nitrogens with one attached hydrogen (secondary N) is 1. The predicted octanol–water partition coefficient (Wildman–Crippen LogP) is 1.07. The van der Waals surface area contributed by atoms with E-state index in [4.69, 9.17) is 5.73 Å². The lowest BCUT2D eigenvalue weighted by molar-refractivity contribution is 0.602. The van der Waals surface area contributed by atoms with Crippen molar-refractivity contribution in [1.29, 1.82) is 0 Å². The highest BCUT2D eigenvalue weighted by Gasteiger charge is 2.24. The molecule has 0 unspecified atom stereocenters. The molecule has 0 bridgehead atoms. The molecular formula is C12H17N5O2S. The fraction of sp³-hybridized carbons (Fsp3) is 0.333. The first kappa shape index (κ1) is 14.3. The number of sulfone groups is 1. The van der Waals surface area contributed by atoms with Crippen molar-refractivity contribution in [3.8, 4) is 5.69 Å². The summed E-state index contributed by atoms with van der Waals surface area (Å²) in [5.41, 5.74) is 6.61. The average Bonchev–Trinajstić information content (AvgIpc) is 2.74. The lowest BCUT2D eigenvalue weighted by atomic mass is 10.4. The number of hydrogen-bond donors (Lipinski definition) is 2. The molecule has 3 N–H and O–H groups in total. The zero-order valence-corrected chi connectivity index (χ0v) is 12.2. The summed E-state index contributed by atoms with van der Waals surface area (Å²) in [4.78, 5) is 3.94. The van der Waals surface area contributed by atoms with Gasteiger partial charge in [0, 0.05) is 25.2 Å². The first-order valence-electron chi connectivity index (χ1n) is 6.18. The second kappa shape index (κ2) is 5.49. The van der Waals surface area contributed by atoms with Crippen LogP contribution < -0.4 is 11.1 Å². The number of pyridine rings is 1. The number of aromatic nitrogens is 3. The van der Waals surface area contributed by atoms with Gasteiger partial charge in [0.1, 0.15) is 5.82 Å². The van der Waals surface area contributed by atoms with Gasteiger partial charge in [0.05, 0.1) is 5.69 Å². The van der Waals surface area contributed by atoms with Crippen LogP contribution in [0, 0.1) is 0 Å². The van der Waals surface area contributed by atoms with Gasteiger partial charge < -0.3 is 11.1 Å². The van der Waals surface area contributed by atoms with E-state index in [0.717, 1.165) is 12.7 Å². The lowest BCUT2D eigenvalue weighted by Crippen LogP contribution is -2.07. The van der Waals surface area contributed by atoms with E-state index in [-0.39, 0.29) is 16.5 Å². The number of nitrogens with two attached hydrogens (primary N) is 1.